The quantitative estimate of drug-likeness (QED) is 0.0198. The van der Waals surface area contributed by atoms with Crippen molar-refractivity contribution in [1.29, 1.82) is 0 Å². The van der Waals surface area contributed by atoms with Crippen molar-refractivity contribution in [3.63, 3.8) is 0 Å². The van der Waals surface area contributed by atoms with Crippen LogP contribution in [-0.2, 0) is 9.59 Å². The molecular formula is C61H78F6N26O3. The summed E-state index contributed by atoms with van der Waals surface area (Å²) in [6.07, 6.45) is 4.39. The number of hydrogen-bond donors (Lipinski definition) is 12. The van der Waals surface area contributed by atoms with Crippen molar-refractivity contribution >= 4 is 126 Å². The number of anilines is 10. The fourth-order valence-electron chi connectivity index (χ4n) is 9.22. The first-order chi connectivity index (χ1) is 45.9. The summed E-state index contributed by atoms with van der Waals surface area (Å²) in [7, 11) is 0. The summed E-state index contributed by atoms with van der Waals surface area (Å²) in [5.74, 6) is 2.08. The van der Waals surface area contributed by atoms with Crippen molar-refractivity contribution in [2.75, 3.05) is 68.4 Å². The van der Waals surface area contributed by atoms with E-state index in [9.17, 15) is 41.0 Å². The number of aliphatic hydroxyl groups is 1. The van der Waals surface area contributed by atoms with Gasteiger partial charge in [0.25, 0.3) is 0 Å². The van der Waals surface area contributed by atoms with E-state index < -0.39 is 36.8 Å². The number of fused-ring (bicyclic) bond motifs is 5. The zero-order valence-electron chi connectivity index (χ0n) is 53.4. The standard InChI is InChI=1S/C14H19N5O.C12H14F3N5.C12H16N6O.C12H17N5O.C11H12F3N5/c1-3-6-9(11(20)4-2)17-13-12-10(7-5-8-16-12)18-14(15)19-13;1-2-4-8(12(13,14)15)19-10-9-7(5-3-6-17-9)18-11(16)20-10;1-2-4-8(10(13)19)16-11-9-7(5-3-6-15-9)17-12(14)18-11;1-2-4-8(7-18)15-11-10-9(5-3-6-14-10)16-12(13)17-11;12-11(13,14)4-2-6-17-9-8-7(3-1-5-16-8)18-10(15)19-9/h5,7-9H,3-4,6H2,1-2H3,(H3,15,17,18,19);3,5-6,8H,2,4H2,1H3,(H3,16,18,19,20);3,5-6,8H,2,4H2,1H3,(H2,13,19)(H3,14,16,17,18);3,5-6,8,18H,2,4,7H2,1H3,(H3,13,15,16,17);1,3,5H,2,4,6H2,(H3,15,17,18,19)/t9-;3*8-;/m0000./s1. The highest BCUT2D eigenvalue weighted by Gasteiger charge is 2.39. The molecule has 0 aliphatic heterocycles. The monoisotopic (exact) mass is 1340 g/mol. The van der Waals surface area contributed by atoms with Crippen molar-refractivity contribution in [3.05, 3.63) is 91.6 Å². The van der Waals surface area contributed by atoms with E-state index in [1.807, 2.05) is 32.9 Å². The summed E-state index contributed by atoms with van der Waals surface area (Å²) >= 11 is 0. The lowest BCUT2D eigenvalue weighted by atomic mass is 10.1. The lowest BCUT2D eigenvalue weighted by Gasteiger charge is -2.22. The second-order valence-corrected chi connectivity index (χ2v) is 21.2. The van der Waals surface area contributed by atoms with Crippen molar-refractivity contribution < 1.29 is 41.0 Å². The van der Waals surface area contributed by atoms with Crippen LogP contribution in [0.3, 0.4) is 0 Å². The number of nitrogens with two attached hydrogens (primary N) is 6. The van der Waals surface area contributed by atoms with Crippen LogP contribution in [0.25, 0.3) is 55.2 Å². The Hall–Kier alpha value is -10.9. The van der Waals surface area contributed by atoms with E-state index in [4.69, 9.17) is 34.4 Å². The van der Waals surface area contributed by atoms with Crippen molar-refractivity contribution in [3.8, 4) is 0 Å². The zero-order chi connectivity index (χ0) is 70.0. The fourth-order valence-corrected chi connectivity index (χ4v) is 9.22. The van der Waals surface area contributed by atoms with Gasteiger partial charge in [-0.15, -0.1) is 0 Å². The first kappa shape index (κ1) is 74.2. The molecule has 10 heterocycles. The van der Waals surface area contributed by atoms with Crippen LogP contribution in [0, 0.1) is 0 Å². The van der Waals surface area contributed by atoms with Gasteiger partial charge in [0, 0.05) is 50.4 Å². The summed E-state index contributed by atoms with van der Waals surface area (Å²) in [4.78, 5) is 84.6. The van der Waals surface area contributed by atoms with Gasteiger partial charge < -0.3 is 66.1 Å². The summed E-state index contributed by atoms with van der Waals surface area (Å²) in [6, 6.07) is 15.0. The molecule has 0 fully saturated rings. The van der Waals surface area contributed by atoms with E-state index in [-0.39, 0.29) is 84.9 Å². The molecule has 0 aromatic carbocycles. The Kier molecular flexibility index (Phi) is 27.8. The maximum Gasteiger partial charge on any atom is 0.408 e. The van der Waals surface area contributed by atoms with Crippen LogP contribution < -0.4 is 61.0 Å². The number of aromatic nitrogens is 15. The molecule has 0 unspecified atom stereocenters. The minimum absolute atomic E-state index is 0.00359. The van der Waals surface area contributed by atoms with Crippen molar-refractivity contribution in [1.82, 2.24) is 74.8 Å². The Bertz CT molecular complexity index is 4140. The van der Waals surface area contributed by atoms with E-state index in [0.717, 1.165) is 32.1 Å². The summed E-state index contributed by atoms with van der Waals surface area (Å²) < 4.78 is 74.8. The van der Waals surface area contributed by atoms with Crippen molar-refractivity contribution in [2.45, 2.75) is 142 Å². The molecule has 1 amide bonds. The number of carbonyl (C=O) groups excluding carboxylic acids is 2. The SMILES string of the molecule is CCC[C@@H](CO)Nc1nc(N)nc2cccnc12.CCC[C@H](Nc1nc(N)nc2cccnc12)C(=O)CC.CCC[C@H](Nc1nc(N)nc2cccnc12)C(F)(F)F.CCC[C@H](Nc1nc(N)nc2cccnc12)C(N)=O.Nc1nc(NCCCC(F)(F)F)c2ncccc2n1. The summed E-state index contributed by atoms with van der Waals surface area (Å²) in [5.41, 5.74) is 39.0. The van der Waals surface area contributed by atoms with Crippen LogP contribution in [0.2, 0.25) is 0 Å². The average molecular weight is 1340 g/mol. The van der Waals surface area contributed by atoms with E-state index in [1.165, 1.54) is 6.20 Å². The van der Waals surface area contributed by atoms with Gasteiger partial charge in [-0.05, 0) is 92.8 Å². The molecule has 10 aromatic rings. The first-order valence-electron chi connectivity index (χ1n) is 30.7. The highest BCUT2D eigenvalue weighted by Crippen LogP contribution is 2.30. The first-order valence-corrected chi connectivity index (χ1v) is 30.7. The van der Waals surface area contributed by atoms with Gasteiger partial charge in [-0.2, -0.15) is 51.3 Å². The molecule has 0 spiro atoms. The number of Topliss-reactive ketones (excluding diaryl/α,β-unsaturated/α-hetero) is 1. The number of amides is 1. The number of nitrogens with one attached hydrogen (secondary N) is 5. The number of pyridine rings is 5. The summed E-state index contributed by atoms with van der Waals surface area (Å²) in [6.45, 7) is 9.82. The number of primary amides is 1. The highest BCUT2D eigenvalue weighted by atomic mass is 19.4. The van der Waals surface area contributed by atoms with Gasteiger partial charge in [-0.1, -0.05) is 60.3 Å². The third-order valence-electron chi connectivity index (χ3n) is 13.6. The molecule has 0 saturated carbocycles. The Morgan fingerprint density at radius 3 is 1.12 bits per heavy atom. The maximum atomic E-state index is 12.9. The molecule has 10 aromatic heterocycles. The fraction of sp³-hybridized carbons (Fsp3) is 0.393. The van der Waals surface area contributed by atoms with Crippen LogP contribution in [0.5, 0.6) is 0 Å². The molecule has 0 aliphatic carbocycles. The van der Waals surface area contributed by atoms with E-state index in [1.54, 1.807) is 80.2 Å². The number of carbonyl (C=O) groups is 2. The third-order valence-corrected chi connectivity index (χ3v) is 13.6. The van der Waals surface area contributed by atoms with Crippen LogP contribution in [0.15, 0.2) is 91.6 Å². The van der Waals surface area contributed by atoms with Gasteiger partial charge in [0.05, 0.1) is 46.3 Å². The Morgan fingerprint density at radius 1 is 0.458 bits per heavy atom. The minimum atomic E-state index is -4.36. The minimum Gasteiger partial charge on any atom is -0.394 e. The summed E-state index contributed by atoms with van der Waals surface area (Å²) in [5, 5.41) is 23.8. The molecular weight excluding hydrogens is 1260 g/mol. The van der Waals surface area contributed by atoms with Crippen LogP contribution in [0.1, 0.15) is 105 Å². The van der Waals surface area contributed by atoms with Gasteiger partial charge in [0.15, 0.2) is 34.9 Å². The number of aliphatic hydroxyl groups excluding tert-OH is 1. The normalized spacial score (nSPS) is 12.5. The largest absolute Gasteiger partial charge is 0.408 e. The molecule has 4 atom stereocenters. The van der Waals surface area contributed by atoms with Gasteiger partial charge >= 0.3 is 12.4 Å². The average Bonchev–Trinajstić information content (AvgIpc) is 0.843. The van der Waals surface area contributed by atoms with E-state index >= 15 is 0 Å². The maximum absolute atomic E-state index is 12.9. The molecule has 0 aliphatic rings. The Balaban J connectivity index is 0.000000190. The van der Waals surface area contributed by atoms with Gasteiger partial charge in [-0.25, -0.2) is 24.9 Å². The molecule has 18 N–H and O–H groups in total. The number of rotatable bonds is 24. The molecule has 10 rings (SSSR count). The van der Waals surface area contributed by atoms with E-state index in [2.05, 4.69) is 108 Å². The van der Waals surface area contributed by atoms with Crippen LogP contribution in [0.4, 0.5) is 85.2 Å². The molecule has 0 saturated heterocycles. The third kappa shape index (κ3) is 22.4. The number of alkyl halides is 6. The Morgan fingerprint density at radius 2 is 0.792 bits per heavy atom. The number of nitrogen functional groups attached to an aromatic ring is 5. The van der Waals surface area contributed by atoms with E-state index in [0.29, 0.717) is 92.2 Å². The molecule has 512 valence electrons. The molecule has 29 nitrogen and oxygen atoms in total. The van der Waals surface area contributed by atoms with Gasteiger partial charge in [0.1, 0.15) is 39.7 Å². The Labute approximate surface area is 547 Å². The lowest BCUT2D eigenvalue weighted by Crippen LogP contribution is -2.36. The van der Waals surface area contributed by atoms with Crippen molar-refractivity contribution in [2.24, 2.45) is 5.73 Å². The second kappa shape index (κ2) is 36.0. The number of ketones is 1. The topological polar surface area (TPSA) is 464 Å². The number of halogens is 6. The van der Waals surface area contributed by atoms with Gasteiger partial charge in [-0.3, -0.25) is 34.5 Å². The smallest absolute Gasteiger partial charge is 0.394 e. The zero-order valence-corrected chi connectivity index (χ0v) is 53.4. The molecule has 0 radical (unpaired) electrons. The second-order valence-electron chi connectivity index (χ2n) is 21.2. The predicted octanol–water partition coefficient (Wildman–Crippen LogP) is 9.13. The number of nitrogens with zero attached hydrogens (tertiary/aromatic N) is 15. The lowest BCUT2D eigenvalue weighted by molar-refractivity contribution is -0.143. The predicted molar refractivity (Wildman–Crippen MR) is 359 cm³/mol. The molecule has 35 heteroatoms. The van der Waals surface area contributed by atoms with Crippen LogP contribution in [-0.4, -0.2) is 141 Å². The molecule has 0 bridgehead atoms. The van der Waals surface area contributed by atoms with Gasteiger partial charge in [0.2, 0.25) is 35.6 Å². The highest BCUT2D eigenvalue weighted by molar-refractivity contribution is 5.92. The molecule has 96 heavy (non-hydrogen) atoms. The van der Waals surface area contributed by atoms with Crippen LogP contribution >= 0.6 is 0 Å². The number of hydrogen-bond acceptors (Lipinski definition) is 28.